The lowest BCUT2D eigenvalue weighted by atomic mass is 10.2. The van der Waals surface area contributed by atoms with Crippen molar-refractivity contribution in [2.45, 2.75) is 34.2 Å². The maximum atomic E-state index is 5.17. The van der Waals surface area contributed by atoms with Crippen molar-refractivity contribution in [2.75, 3.05) is 38.3 Å². The topological polar surface area (TPSA) is 50.3 Å². The maximum Gasteiger partial charge on any atom is 0.147 e. The monoisotopic (exact) mass is 294 g/mol. The third-order valence-corrected chi connectivity index (χ3v) is 3.03. The van der Waals surface area contributed by atoms with Crippen molar-refractivity contribution in [3.8, 4) is 0 Å². The van der Waals surface area contributed by atoms with E-state index in [-0.39, 0.29) is 0 Å². The van der Waals surface area contributed by atoms with E-state index in [1.165, 1.54) is 0 Å². The molecule has 1 rings (SSSR count). The summed E-state index contributed by atoms with van der Waals surface area (Å²) >= 11 is 0. The molecule has 0 aliphatic heterocycles. The minimum atomic E-state index is 0.580. The smallest absolute Gasteiger partial charge is 0.147 e. The summed E-state index contributed by atoms with van der Waals surface area (Å²) in [5, 5.41) is 3.38. The quantitative estimate of drug-likeness (QED) is 0.718. The Morgan fingerprint density at radius 2 is 1.90 bits per heavy atom. The molecule has 0 saturated heterocycles. The third-order valence-electron chi connectivity index (χ3n) is 3.03. The van der Waals surface area contributed by atoms with Crippen LogP contribution in [-0.2, 0) is 11.3 Å². The minimum absolute atomic E-state index is 0.580. The first-order chi connectivity index (χ1) is 10.0. The third kappa shape index (κ3) is 7.39. The molecule has 0 aliphatic carbocycles. The Labute approximate surface area is 129 Å². The molecule has 0 bridgehead atoms. The Hall–Kier alpha value is -1.20. The first-order valence-electron chi connectivity index (χ1n) is 7.78. The van der Waals surface area contributed by atoms with E-state index in [1.807, 2.05) is 12.4 Å². The van der Waals surface area contributed by atoms with Gasteiger partial charge in [0.05, 0.1) is 24.7 Å². The van der Waals surface area contributed by atoms with Gasteiger partial charge in [0.15, 0.2) is 0 Å². The maximum absolute atomic E-state index is 5.17. The van der Waals surface area contributed by atoms with Crippen LogP contribution < -0.4 is 10.2 Å². The first kappa shape index (κ1) is 17.9. The van der Waals surface area contributed by atoms with E-state index in [9.17, 15) is 0 Å². The van der Waals surface area contributed by atoms with E-state index in [1.54, 1.807) is 7.11 Å². The molecule has 0 fully saturated rings. The zero-order valence-electron chi connectivity index (χ0n) is 14.1. The normalized spacial score (nSPS) is 11.4. The number of rotatable bonds is 10. The summed E-state index contributed by atoms with van der Waals surface area (Å²) in [6, 6.07) is 0. The van der Waals surface area contributed by atoms with Gasteiger partial charge in [-0.1, -0.05) is 27.7 Å². The van der Waals surface area contributed by atoms with Crippen molar-refractivity contribution in [2.24, 2.45) is 11.8 Å². The lowest BCUT2D eigenvalue weighted by Crippen LogP contribution is -2.32. The summed E-state index contributed by atoms with van der Waals surface area (Å²) in [5.74, 6) is 2.15. The second-order valence-electron chi connectivity index (χ2n) is 6.22. The zero-order valence-corrected chi connectivity index (χ0v) is 14.1. The van der Waals surface area contributed by atoms with Gasteiger partial charge in [-0.2, -0.15) is 0 Å². The molecule has 5 nitrogen and oxygen atoms in total. The molecule has 1 aromatic rings. The van der Waals surface area contributed by atoms with Gasteiger partial charge < -0.3 is 15.0 Å². The average Bonchev–Trinajstić information content (AvgIpc) is 2.43. The number of nitrogens with zero attached hydrogens (tertiary/aromatic N) is 3. The summed E-state index contributed by atoms with van der Waals surface area (Å²) in [6.07, 6.45) is 3.73. The molecule has 0 saturated carbocycles. The predicted molar refractivity (Wildman–Crippen MR) is 87.5 cm³/mol. The van der Waals surface area contributed by atoms with Gasteiger partial charge in [-0.05, 0) is 18.4 Å². The number of nitrogens with one attached hydrogen (secondary N) is 1. The Morgan fingerprint density at radius 1 is 1.14 bits per heavy atom. The zero-order chi connectivity index (χ0) is 15.7. The summed E-state index contributed by atoms with van der Waals surface area (Å²) in [7, 11) is 1.72. The van der Waals surface area contributed by atoms with Crippen LogP contribution in [0.2, 0.25) is 0 Å². The van der Waals surface area contributed by atoms with Crippen molar-refractivity contribution in [1.29, 1.82) is 0 Å². The molecule has 0 aliphatic rings. The van der Waals surface area contributed by atoms with Gasteiger partial charge in [0.1, 0.15) is 5.82 Å². The van der Waals surface area contributed by atoms with Crippen molar-refractivity contribution >= 4 is 5.82 Å². The lowest BCUT2D eigenvalue weighted by Gasteiger charge is -2.25. The number of ether oxygens (including phenoxy) is 1. The molecule has 120 valence electrons. The van der Waals surface area contributed by atoms with Gasteiger partial charge in [-0.25, -0.2) is 4.98 Å². The minimum Gasteiger partial charge on any atom is -0.383 e. The second kappa shape index (κ2) is 9.68. The SMILES string of the molecule is COCCN(CC(C)C)c1cnc(CNCC(C)C)cn1. The highest BCUT2D eigenvalue weighted by atomic mass is 16.5. The van der Waals surface area contributed by atoms with Gasteiger partial charge in [-0.3, -0.25) is 4.98 Å². The molecular formula is C16H30N4O. The molecule has 0 amide bonds. The molecule has 1 aromatic heterocycles. The first-order valence-corrected chi connectivity index (χ1v) is 7.78. The second-order valence-corrected chi connectivity index (χ2v) is 6.22. The van der Waals surface area contributed by atoms with Crippen LogP contribution in [0.25, 0.3) is 0 Å². The summed E-state index contributed by atoms with van der Waals surface area (Å²) in [5.41, 5.74) is 0.982. The fourth-order valence-electron chi connectivity index (χ4n) is 2.03. The number of hydrogen-bond acceptors (Lipinski definition) is 5. The van der Waals surface area contributed by atoms with Gasteiger partial charge in [0.25, 0.3) is 0 Å². The van der Waals surface area contributed by atoms with Crippen molar-refractivity contribution in [3.63, 3.8) is 0 Å². The van der Waals surface area contributed by atoms with Crippen molar-refractivity contribution in [3.05, 3.63) is 18.1 Å². The Morgan fingerprint density at radius 3 is 2.43 bits per heavy atom. The number of aromatic nitrogens is 2. The van der Waals surface area contributed by atoms with Gasteiger partial charge in [-0.15, -0.1) is 0 Å². The van der Waals surface area contributed by atoms with E-state index in [0.717, 1.165) is 37.7 Å². The van der Waals surface area contributed by atoms with Gasteiger partial charge >= 0.3 is 0 Å². The van der Waals surface area contributed by atoms with Crippen LogP contribution >= 0.6 is 0 Å². The number of anilines is 1. The molecule has 0 atom stereocenters. The molecule has 0 radical (unpaired) electrons. The molecule has 0 aromatic carbocycles. The Balaban J connectivity index is 2.59. The molecule has 5 heteroatoms. The molecule has 1 N–H and O–H groups in total. The van der Waals surface area contributed by atoms with E-state index < -0.39 is 0 Å². The summed E-state index contributed by atoms with van der Waals surface area (Å²) in [6.45, 7) is 13.1. The fourth-order valence-corrected chi connectivity index (χ4v) is 2.03. The van der Waals surface area contributed by atoms with Gasteiger partial charge in [0.2, 0.25) is 0 Å². The Bertz CT molecular complexity index is 378. The molecule has 0 spiro atoms. The van der Waals surface area contributed by atoms with Crippen LogP contribution in [-0.4, -0.2) is 43.3 Å². The molecule has 0 unspecified atom stereocenters. The van der Waals surface area contributed by atoms with Crippen molar-refractivity contribution < 1.29 is 4.74 Å². The van der Waals surface area contributed by atoms with E-state index in [0.29, 0.717) is 18.4 Å². The van der Waals surface area contributed by atoms with Gasteiger partial charge in [0, 0.05) is 26.7 Å². The number of methoxy groups -OCH3 is 1. The summed E-state index contributed by atoms with van der Waals surface area (Å²) < 4.78 is 5.17. The largest absolute Gasteiger partial charge is 0.383 e. The van der Waals surface area contributed by atoms with Crippen LogP contribution in [0.15, 0.2) is 12.4 Å². The number of hydrogen-bond donors (Lipinski definition) is 1. The van der Waals surface area contributed by atoms with Crippen LogP contribution in [0.5, 0.6) is 0 Å². The van der Waals surface area contributed by atoms with Crippen LogP contribution in [0.4, 0.5) is 5.82 Å². The Kier molecular flexibility index (Phi) is 8.23. The highest BCUT2D eigenvalue weighted by molar-refractivity contribution is 5.35. The molecule has 1 heterocycles. The van der Waals surface area contributed by atoms with Crippen LogP contribution in [0.1, 0.15) is 33.4 Å². The highest BCUT2D eigenvalue weighted by Gasteiger charge is 2.10. The van der Waals surface area contributed by atoms with Crippen LogP contribution in [0, 0.1) is 11.8 Å². The standard InChI is InChI=1S/C16H30N4O/c1-13(2)8-17-9-15-10-19-16(11-18-15)20(6-7-21-5)12-14(3)4/h10-11,13-14,17H,6-9,12H2,1-5H3. The predicted octanol–water partition coefficient (Wildman–Crippen LogP) is 2.33. The fraction of sp³-hybridized carbons (Fsp3) is 0.750. The highest BCUT2D eigenvalue weighted by Crippen LogP contribution is 2.11. The average molecular weight is 294 g/mol. The molecular weight excluding hydrogens is 264 g/mol. The summed E-state index contributed by atoms with van der Waals surface area (Å²) in [4.78, 5) is 11.3. The molecule has 21 heavy (non-hydrogen) atoms. The van der Waals surface area contributed by atoms with Crippen LogP contribution in [0.3, 0.4) is 0 Å². The van der Waals surface area contributed by atoms with E-state index in [4.69, 9.17) is 4.74 Å². The van der Waals surface area contributed by atoms with Crippen molar-refractivity contribution in [1.82, 2.24) is 15.3 Å². The van der Waals surface area contributed by atoms with E-state index in [2.05, 4.69) is 47.9 Å². The van der Waals surface area contributed by atoms with E-state index >= 15 is 0 Å². The lowest BCUT2D eigenvalue weighted by molar-refractivity contribution is 0.204.